The second-order valence-electron chi connectivity index (χ2n) is 5.53. The van der Waals surface area contributed by atoms with E-state index in [9.17, 15) is 4.79 Å². The van der Waals surface area contributed by atoms with E-state index in [0.29, 0.717) is 18.9 Å². The fraction of sp³-hybridized carbons (Fsp3) is 0.316. The minimum Gasteiger partial charge on any atom is -0.355 e. The molecule has 0 radical (unpaired) electrons. The van der Waals surface area contributed by atoms with E-state index in [2.05, 4.69) is 55.6 Å². The first-order chi connectivity index (χ1) is 10.6. The Balaban J connectivity index is 1.66. The van der Waals surface area contributed by atoms with Crippen molar-refractivity contribution in [2.75, 3.05) is 12.3 Å². The molecule has 0 aliphatic carbocycles. The zero-order chi connectivity index (χ0) is 15.8. The molecule has 0 heterocycles. The molecular weight excluding hydrogens is 290 g/mol. The molecule has 2 rings (SSSR count). The Bertz CT molecular complexity index is 580. The minimum atomic E-state index is 0.127. The van der Waals surface area contributed by atoms with Gasteiger partial charge in [0.15, 0.2) is 0 Å². The van der Waals surface area contributed by atoms with Gasteiger partial charge in [-0.05, 0) is 30.5 Å². The summed E-state index contributed by atoms with van der Waals surface area (Å²) in [4.78, 5) is 13.1. The van der Waals surface area contributed by atoms with E-state index in [-0.39, 0.29) is 5.91 Å². The van der Waals surface area contributed by atoms with Gasteiger partial charge in [-0.2, -0.15) is 0 Å². The molecule has 2 aromatic rings. The first kappa shape index (κ1) is 16.6. The molecule has 0 aliphatic rings. The predicted octanol–water partition coefficient (Wildman–Crippen LogP) is 4.40. The van der Waals surface area contributed by atoms with Crippen molar-refractivity contribution in [1.29, 1.82) is 0 Å². The molecule has 0 spiro atoms. The number of aryl methyl sites for hydroxylation is 1. The average molecular weight is 313 g/mol. The molecule has 22 heavy (non-hydrogen) atoms. The van der Waals surface area contributed by atoms with Crippen LogP contribution in [0.1, 0.15) is 30.4 Å². The molecule has 2 aromatic carbocycles. The number of hydrogen-bond acceptors (Lipinski definition) is 2. The van der Waals surface area contributed by atoms with E-state index in [1.807, 2.05) is 18.2 Å². The number of carbonyl (C=O) groups is 1. The van der Waals surface area contributed by atoms with Gasteiger partial charge in [-0.15, -0.1) is 11.8 Å². The maximum atomic E-state index is 11.9. The van der Waals surface area contributed by atoms with Crippen molar-refractivity contribution >= 4 is 17.7 Å². The molecule has 116 valence electrons. The van der Waals surface area contributed by atoms with Crippen molar-refractivity contribution in [3.05, 3.63) is 65.7 Å². The van der Waals surface area contributed by atoms with E-state index in [1.165, 1.54) is 16.0 Å². The van der Waals surface area contributed by atoms with Gasteiger partial charge >= 0.3 is 0 Å². The number of thioether (sulfide) groups is 1. The SMILES string of the molecule is Cc1ccc(SCCC(=O)NCC(C)c2ccccc2)cc1. The molecule has 1 amide bonds. The van der Waals surface area contributed by atoms with Crippen LogP contribution >= 0.6 is 11.8 Å². The molecule has 0 aliphatic heterocycles. The van der Waals surface area contributed by atoms with Gasteiger partial charge < -0.3 is 5.32 Å². The Morgan fingerprint density at radius 1 is 1.09 bits per heavy atom. The van der Waals surface area contributed by atoms with Crippen LogP contribution in [-0.2, 0) is 4.79 Å². The van der Waals surface area contributed by atoms with Gasteiger partial charge in [0.1, 0.15) is 0 Å². The Morgan fingerprint density at radius 2 is 1.77 bits per heavy atom. The molecule has 1 N–H and O–H groups in total. The molecule has 0 saturated heterocycles. The second-order valence-corrected chi connectivity index (χ2v) is 6.70. The maximum absolute atomic E-state index is 11.9. The predicted molar refractivity (Wildman–Crippen MR) is 94.4 cm³/mol. The highest BCUT2D eigenvalue weighted by molar-refractivity contribution is 7.99. The molecule has 0 bridgehead atoms. The molecule has 2 nitrogen and oxygen atoms in total. The number of nitrogens with one attached hydrogen (secondary N) is 1. The van der Waals surface area contributed by atoms with E-state index < -0.39 is 0 Å². The normalized spacial score (nSPS) is 11.9. The van der Waals surface area contributed by atoms with Gasteiger partial charge in [0.05, 0.1) is 0 Å². The lowest BCUT2D eigenvalue weighted by Gasteiger charge is -2.13. The Morgan fingerprint density at radius 3 is 2.45 bits per heavy atom. The van der Waals surface area contributed by atoms with Crippen molar-refractivity contribution < 1.29 is 4.79 Å². The second kappa shape index (κ2) is 8.64. The number of hydrogen-bond donors (Lipinski definition) is 1. The van der Waals surface area contributed by atoms with E-state index >= 15 is 0 Å². The first-order valence-electron chi connectivity index (χ1n) is 7.66. The van der Waals surface area contributed by atoms with Crippen LogP contribution in [0.15, 0.2) is 59.5 Å². The van der Waals surface area contributed by atoms with Crippen LogP contribution in [0.3, 0.4) is 0 Å². The van der Waals surface area contributed by atoms with Crippen molar-refractivity contribution in [2.45, 2.75) is 31.1 Å². The minimum absolute atomic E-state index is 0.127. The van der Waals surface area contributed by atoms with Gasteiger partial charge in [0, 0.05) is 23.6 Å². The van der Waals surface area contributed by atoms with Crippen LogP contribution in [0, 0.1) is 6.92 Å². The zero-order valence-corrected chi connectivity index (χ0v) is 14.0. The van der Waals surface area contributed by atoms with Crippen LogP contribution in [-0.4, -0.2) is 18.2 Å². The third-order valence-corrected chi connectivity index (χ3v) is 4.61. The van der Waals surface area contributed by atoms with Crippen molar-refractivity contribution in [1.82, 2.24) is 5.32 Å². The molecule has 0 aromatic heterocycles. The lowest BCUT2D eigenvalue weighted by atomic mass is 10.0. The summed E-state index contributed by atoms with van der Waals surface area (Å²) in [5, 5.41) is 3.02. The smallest absolute Gasteiger partial charge is 0.220 e. The fourth-order valence-electron chi connectivity index (χ4n) is 2.15. The Labute approximate surface area is 137 Å². The number of rotatable bonds is 7. The van der Waals surface area contributed by atoms with Crippen LogP contribution in [0.5, 0.6) is 0 Å². The topological polar surface area (TPSA) is 29.1 Å². The Kier molecular flexibility index (Phi) is 6.53. The summed E-state index contributed by atoms with van der Waals surface area (Å²) < 4.78 is 0. The Hall–Kier alpha value is -1.74. The molecule has 0 fully saturated rings. The molecule has 0 saturated carbocycles. The summed E-state index contributed by atoms with van der Waals surface area (Å²) >= 11 is 1.73. The quantitative estimate of drug-likeness (QED) is 0.768. The van der Waals surface area contributed by atoms with Gasteiger partial charge in [-0.25, -0.2) is 0 Å². The average Bonchev–Trinajstić information content (AvgIpc) is 2.55. The van der Waals surface area contributed by atoms with Gasteiger partial charge in [0.2, 0.25) is 5.91 Å². The zero-order valence-electron chi connectivity index (χ0n) is 13.2. The summed E-state index contributed by atoms with van der Waals surface area (Å²) in [6, 6.07) is 18.7. The molecule has 1 unspecified atom stereocenters. The molecule has 3 heteroatoms. The highest BCUT2D eigenvalue weighted by Crippen LogP contribution is 2.19. The van der Waals surface area contributed by atoms with E-state index in [0.717, 1.165) is 5.75 Å². The van der Waals surface area contributed by atoms with E-state index in [1.54, 1.807) is 11.8 Å². The molecular formula is C19H23NOS. The van der Waals surface area contributed by atoms with Crippen molar-refractivity contribution in [3.63, 3.8) is 0 Å². The number of benzene rings is 2. The van der Waals surface area contributed by atoms with Crippen LogP contribution in [0.25, 0.3) is 0 Å². The lowest BCUT2D eigenvalue weighted by Crippen LogP contribution is -2.27. The van der Waals surface area contributed by atoms with Crippen molar-refractivity contribution in [2.24, 2.45) is 0 Å². The highest BCUT2D eigenvalue weighted by atomic mass is 32.2. The van der Waals surface area contributed by atoms with Crippen molar-refractivity contribution in [3.8, 4) is 0 Å². The largest absolute Gasteiger partial charge is 0.355 e. The first-order valence-corrected chi connectivity index (χ1v) is 8.65. The fourth-order valence-corrected chi connectivity index (χ4v) is 3.00. The maximum Gasteiger partial charge on any atom is 0.220 e. The summed E-state index contributed by atoms with van der Waals surface area (Å²) in [7, 11) is 0. The third-order valence-electron chi connectivity index (χ3n) is 3.59. The number of carbonyl (C=O) groups excluding carboxylic acids is 1. The molecule has 1 atom stereocenters. The summed E-state index contributed by atoms with van der Waals surface area (Å²) in [5.74, 6) is 1.28. The van der Waals surface area contributed by atoms with Crippen LogP contribution in [0.2, 0.25) is 0 Å². The number of amides is 1. The van der Waals surface area contributed by atoms with Crippen LogP contribution < -0.4 is 5.32 Å². The van der Waals surface area contributed by atoms with Gasteiger partial charge in [0.25, 0.3) is 0 Å². The van der Waals surface area contributed by atoms with Crippen LogP contribution in [0.4, 0.5) is 0 Å². The highest BCUT2D eigenvalue weighted by Gasteiger charge is 2.07. The summed E-state index contributed by atoms with van der Waals surface area (Å²) in [6.45, 7) is 4.91. The van der Waals surface area contributed by atoms with E-state index in [4.69, 9.17) is 0 Å². The third kappa shape index (κ3) is 5.57. The van der Waals surface area contributed by atoms with Gasteiger partial charge in [-0.3, -0.25) is 4.79 Å². The monoisotopic (exact) mass is 313 g/mol. The van der Waals surface area contributed by atoms with Gasteiger partial charge in [-0.1, -0.05) is 55.0 Å². The summed E-state index contributed by atoms with van der Waals surface area (Å²) in [5.41, 5.74) is 2.52. The summed E-state index contributed by atoms with van der Waals surface area (Å²) in [6.07, 6.45) is 0.556. The lowest BCUT2D eigenvalue weighted by molar-refractivity contribution is -0.120. The standard InChI is InChI=1S/C19H23NOS/c1-15-8-10-18(11-9-15)22-13-12-19(21)20-14-16(2)17-6-4-3-5-7-17/h3-11,16H,12-14H2,1-2H3,(H,20,21).